The highest BCUT2D eigenvalue weighted by atomic mass is 35.5. The fourth-order valence-corrected chi connectivity index (χ4v) is 3.71. The molecule has 9 heteroatoms. The van der Waals surface area contributed by atoms with E-state index in [1.165, 1.54) is 4.68 Å². The van der Waals surface area contributed by atoms with Gasteiger partial charge in [0.15, 0.2) is 0 Å². The monoisotopic (exact) mass is 494 g/mol. The van der Waals surface area contributed by atoms with E-state index in [0.29, 0.717) is 26.6 Å². The first-order chi connectivity index (χ1) is 16.3. The molecule has 0 bridgehead atoms. The summed E-state index contributed by atoms with van der Waals surface area (Å²) in [4.78, 5) is 38.1. The smallest absolute Gasteiger partial charge is 0.328 e. The molecule has 4 aromatic rings. The zero-order chi connectivity index (χ0) is 24.2. The van der Waals surface area contributed by atoms with Crippen LogP contribution in [0.15, 0.2) is 72.8 Å². The normalized spacial score (nSPS) is 10.7. The second-order valence-electron chi connectivity index (χ2n) is 7.60. The molecule has 0 saturated carbocycles. The fraction of sp³-hybridized carbons (Fsp3) is 0.0800. The Kier molecular flexibility index (Phi) is 6.86. The number of rotatable bonds is 5. The first-order valence-corrected chi connectivity index (χ1v) is 11.1. The van der Waals surface area contributed by atoms with Gasteiger partial charge in [-0.15, -0.1) is 0 Å². The molecule has 0 aliphatic heterocycles. The zero-order valence-corrected chi connectivity index (χ0v) is 19.6. The quantitative estimate of drug-likeness (QED) is 0.344. The summed E-state index contributed by atoms with van der Waals surface area (Å²) in [6.45, 7) is 2.05. The molecule has 0 aliphatic rings. The summed E-state index contributed by atoms with van der Waals surface area (Å²) >= 11 is 12.3. The van der Waals surface area contributed by atoms with Crippen LogP contribution in [0.2, 0.25) is 10.0 Å². The van der Waals surface area contributed by atoms with Crippen molar-refractivity contribution in [2.75, 3.05) is 10.7 Å². The molecule has 1 heterocycles. The van der Waals surface area contributed by atoms with Crippen LogP contribution >= 0.6 is 23.2 Å². The van der Waals surface area contributed by atoms with E-state index in [1.807, 2.05) is 37.3 Å². The van der Waals surface area contributed by atoms with Gasteiger partial charge < -0.3 is 10.6 Å². The third-order valence-electron chi connectivity index (χ3n) is 5.14. The maximum Gasteiger partial charge on any atom is 0.328 e. The molecule has 3 aromatic carbocycles. The van der Waals surface area contributed by atoms with Crippen molar-refractivity contribution in [3.63, 3.8) is 0 Å². The summed E-state index contributed by atoms with van der Waals surface area (Å²) in [6, 6.07) is 20.9. The third-order valence-corrected chi connectivity index (χ3v) is 5.78. The van der Waals surface area contributed by atoms with Gasteiger partial charge in [0.25, 0.3) is 5.91 Å². The number of aromatic nitrogens is 1. The highest BCUT2D eigenvalue weighted by Crippen LogP contribution is 2.25. The molecular formula is C25H20Cl2N4O3. The number of anilines is 1. The lowest BCUT2D eigenvalue weighted by atomic mass is 10.2. The standard InChI is InChI=1S/C25H20Cl2N4O3/c1-15-7-9-19(13-20(15)27)29-23(32)22-12-17-11-18(26)8-10-21(17)31(22)30-25(34)24(33)28-14-16-5-3-2-4-6-16/h2-13H,14H2,1H3,(H,28,33)(H,29,32)(H,30,34). The van der Waals surface area contributed by atoms with Crippen molar-refractivity contribution >= 4 is 57.5 Å². The SMILES string of the molecule is Cc1ccc(NC(=O)c2cc3cc(Cl)ccc3n2NC(=O)C(=O)NCc2ccccc2)cc1Cl. The Morgan fingerprint density at radius 3 is 2.38 bits per heavy atom. The lowest BCUT2D eigenvalue weighted by Crippen LogP contribution is -2.39. The Morgan fingerprint density at radius 2 is 1.65 bits per heavy atom. The first kappa shape index (κ1) is 23.4. The van der Waals surface area contributed by atoms with Crippen LogP contribution in [0, 0.1) is 6.92 Å². The zero-order valence-electron chi connectivity index (χ0n) is 18.1. The van der Waals surface area contributed by atoms with Gasteiger partial charge in [0.05, 0.1) is 5.52 Å². The molecule has 4 rings (SSSR count). The van der Waals surface area contributed by atoms with Gasteiger partial charge >= 0.3 is 11.8 Å². The predicted molar refractivity (Wildman–Crippen MR) is 134 cm³/mol. The number of carbonyl (C=O) groups is 3. The van der Waals surface area contributed by atoms with Gasteiger partial charge in [0, 0.05) is 27.7 Å². The third kappa shape index (κ3) is 5.22. The average molecular weight is 495 g/mol. The molecule has 7 nitrogen and oxygen atoms in total. The van der Waals surface area contributed by atoms with Gasteiger partial charge in [-0.3, -0.25) is 19.8 Å². The topological polar surface area (TPSA) is 92.2 Å². The van der Waals surface area contributed by atoms with Crippen molar-refractivity contribution < 1.29 is 14.4 Å². The van der Waals surface area contributed by atoms with Crippen molar-refractivity contribution in [1.29, 1.82) is 0 Å². The minimum atomic E-state index is -0.921. The summed E-state index contributed by atoms with van der Waals surface area (Å²) in [5.74, 6) is -2.26. The van der Waals surface area contributed by atoms with Crippen molar-refractivity contribution in [1.82, 2.24) is 9.99 Å². The summed E-state index contributed by atoms with van der Waals surface area (Å²) in [6.07, 6.45) is 0. The molecule has 3 N–H and O–H groups in total. The number of halogens is 2. The van der Waals surface area contributed by atoms with Crippen LogP contribution in [-0.4, -0.2) is 22.4 Å². The number of carbonyl (C=O) groups excluding carboxylic acids is 3. The first-order valence-electron chi connectivity index (χ1n) is 10.3. The van der Waals surface area contributed by atoms with Crippen molar-refractivity contribution in [2.45, 2.75) is 13.5 Å². The van der Waals surface area contributed by atoms with E-state index in [9.17, 15) is 14.4 Å². The van der Waals surface area contributed by atoms with E-state index in [0.717, 1.165) is 11.1 Å². The predicted octanol–water partition coefficient (Wildman–Crippen LogP) is 4.90. The minimum Gasteiger partial charge on any atom is -0.344 e. The number of aryl methyl sites for hydroxylation is 1. The number of nitrogens with zero attached hydrogens (tertiary/aromatic N) is 1. The van der Waals surface area contributed by atoms with Gasteiger partial charge in [-0.2, -0.15) is 0 Å². The van der Waals surface area contributed by atoms with E-state index in [-0.39, 0.29) is 12.2 Å². The van der Waals surface area contributed by atoms with Crippen molar-refractivity contribution in [3.8, 4) is 0 Å². The lowest BCUT2D eigenvalue weighted by molar-refractivity contribution is -0.136. The Labute approximate surface area is 205 Å². The molecule has 34 heavy (non-hydrogen) atoms. The minimum absolute atomic E-state index is 0.109. The second-order valence-corrected chi connectivity index (χ2v) is 8.44. The Morgan fingerprint density at radius 1 is 0.882 bits per heavy atom. The maximum atomic E-state index is 13.1. The van der Waals surface area contributed by atoms with E-state index in [4.69, 9.17) is 23.2 Å². The molecule has 0 spiro atoms. The Hall–Kier alpha value is -3.81. The number of nitrogens with one attached hydrogen (secondary N) is 3. The molecular weight excluding hydrogens is 475 g/mol. The van der Waals surface area contributed by atoms with E-state index < -0.39 is 17.7 Å². The van der Waals surface area contributed by atoms with Crippen LogP contribution in [0.5, 0.6) is 0 Å². The van der Waals surface area contributed by atoms with Crippen LogP contribution in [0.4, 0.5) is 5.69 Å². The summed E-state index contributed by atoms with van der Waals surface area (Å²) in [7, 11) is 0. The largest absolute Gasteiger partial charge is 0.344 e. The van der Waals surface area contributed by atoms with Crippen LogP contribution in [-0.2, 0) is 16.1 Å². The number of benzene rings is 3. The molecule has 0 saturated heterocycles. The second kappa shape index (κ2) is 9.99. The molecule has 0 aliphatic carbocycles. The molecule has 172 valence electrons. The van der Waals surface area contributed by atoms with E-state index in [2.05, 4.69) is 16.1 Å². The Balaban J connectivity index is 1.58. The van der Waals surface area contributed by atoms with Crippen LogP contribution in [0.3, 0.4) is 0 Å². The lowest BCUT2D eigenvalue weighted by Gasteiger charge is -2.13. The molecule has 0 atom stereocenters. The molecule has 3 amide bonds. The van der Waals surface area contributed by atoms with Crippen LogP contribution in [0.1, 0.15) is 21.6 Å². The highest BCUT2D eigenvalue weighted by molar-refractivity contribution is 6.38. The maximum absolute atomic E-state index is 13.1. The van der Waals surface area contributed by atoms with Gasteiger partial charge in [-0.1, -0.05) is 59.6 Å². The van der Waals surface area contributed by atoms with Gasteiger partial charge in [-0.05, 0) is 54.4 Å². The highest BCUT2D eigenvalue weighted by Gasteiger charge is 2.21. The van der Waals surface area contributed by atoms with E-state index in [1.54, 1.807) is 42.5 Å². The van der Waals surface area contributed by atoms with Gasteiger partial charge in [0.1, 0.15) is 5.69 Å². The van der Waals surface area contributed by atoms with Crippen molar-refractivity contribution in [2.24, 2.45) is 0 Å². The molecule has 0 radical (unpaired) electrons. The van der Waals surface area contributed by atoms with Crippen LogP contribution < -0.4 is 16.1 Å². The number of fused-ring (bicyclic) bond motifs is 1. The number of hydrogen-bond acceptors (Lipinski definition) is 3. The number of amides is 3. The summed E-state index contributed by atoms with van der Waals surface area (Å²) < 4.78 is 1.27. The van der Waals surface area contributed by atoms with Gasteiger partial charge in [0.2, 0.25) is 0 Å². The number of hydrogen-bond donors (Lipinski definition) is 3. The summed E-state index contributed by atoms with van der Waals surface area (Å²) in [5, 5.41) is 6.92. The molecule has 0 unspecified atom stereocenters. The van der Waals surface area contributed by atoms with E-state index >= 15 is 0 Å². The molecule has 0 fully saturated rings. The van der Waals surface area contributed by atoms with Crippen LogP contribution in [0.25, 0.3) is 10.9 Å². The summed E-state index contributed by atoms with van der Waals surface area (Å²) in [5.41, 5.74) is 5.33. The van der Waals surface area contributed by atoms with Gasteiger partial charge in [-0.25, -0.2) is 4.68 Å². The Bertz CT molecular complexity index is 1400. The molecule has 1 aromatic heterocycles. The fourth-order valence-electron chi connectivity index (χ4n) is 3.35. The van der Waals surface area contributed by atoms with Crippen molar-refractivity contribution in [3.05, 3.63) is 99.7 Å². The average Bonchev–Trinajstić information content (AvgIpc) is 3.17.